The largest absolute Gasteiger partial charge is 0.462 e. The zero-order chi connectivity index (χ0) is 24.4. The second kappa shape index (κ2) is 9.72. The summed E-state index contributed by atoms with van der Waals surface area (Å²) in [5, 5.41) is 1.88. The van der Waals surface area contributed by atoms with E-state index in [1.807, 2.05) is 44.2 Å². The summed E-state index contributed by atoms with van der Waals surface area (Å²) in [5.74, 6) is 0.418. The van der Waals surface area contributed by atoms with Crippen molar-refractivity contribution in [2.45, 2.75) is 34.6 Å². The number of nitrogens with zero attached hydrogens (tertiary/aromatic N) is 2. The minimum absolute atomic E-state index is 0.325. The van der Waals surface area contributed by atoms with Gasteiger partial charge in [0.05, 0.1) is 17.5 Å². The maximum atomic E-state index is 12.9. The molecule has 0 aromatic heterocycles. The average Bonchev–Trinajstić information content (AvgIpc) is 2.83. The predicted octanol–water partition coefficient (Wildman–Crippen LogP) is 6.37. The molecule has 5 heteroatoms. The monoisotopic (exact) mass is 456 g/mol. The fourth-order valence-electron chi connectivity index (χ4n) is 4.48. The van der Waals surface area contributed by atoms with Crippen LogP contribution >= 0.6 is 0 Å². The highest BCUT2D eigenvalue weighted by molar-refractivity contribution is 6.08. The normalized spacial score (nSPS) is 11.9. The standard InChI is InChI=1S/C29H32N2O3/c1-7-30-24-16-26-22(14-18(24)4)28(20-12-10-11-13-21(20)29(32)33-9-3)23-15-19(5)25(31(6)8-2)17-27(23)34-26/h10-17H,7-9H2,1-6H3. The van der Waals surface area contributed by atoms with Crippen molar-refractivity contribution in [3.8, 4) is 22.5 Å². The van der Waals surface area contributed by atoms with E-state index in [1.54, 1.807) is 0 Å². The van der Waals surface area contributed by atoms with Crippen LogP contribution in [0.4, 0.5) is 5.69 Å². The molecule has 176 valence electrons. The molecule has 0 saturated heterocycles. The Morgan fingerprint density at radius 3 is 2.47 bits per heavy atom. The summed E-state index contributed by atoms with van der Waals surface area (Å²) in [6.07, 6.45) is 0. The molecular formula is C29H32N2O3. The second-order valence-corrected chi connectivity index (χ2v) is 8.50. The minimum atomic E-state index is -0.325. The van der Waals surface area contributed by atoms with Gasteiger partial charge in [0.15, 0.2) is 0 Å². The van der Waals surface area contributed by atoms with Gasteiger partial charge in [-0.25, -0.2) is 4.79 Å². The molecule has 0 fully saturated rings. The zero-order valence-corrected chi connectivity index (χ0v) is 20.9. The van der Waals surface area contributed by atoms with E-state index in [-0.39, 0.29) is 5.97 Å². The van der Waals surface area contributed by atoms with Gasteiger partial charge in [-0.1, -0.05) is 18.2 Å². The molecule has 0 bridgehead atoms. The Bertz CT molecular complexity index is 1400. The van der Waals surface area contributed by atoms with Gasteiger partial charge in [-0.2, -0.15) is 0 Å². The van der Waals surface area contributed by atoms with Crippen LogP contribution in [0.15, 0.2) is 57.9 Å². The van der Waals surface area contributed by atoms with Crippen molar-refractivity contribution < 1.29 is 13.9 Å². The predicted molar refractivity (Wildman–Crippen MR) is 139 cm³/mol. The molecule has 1 aliphatic carbocycles. The summed E-state index contributed by atoms with van der Waals surface area (Å²) in [7, 11) is 2.08. The van der Waals surface area contributed by atoms with E-state index in [9.17, 15) is 4.79 Å². The molecule has 34 heavy (non-hydrogen) atoms. The molecule has 0 N–H and O–H groups in total. The van der Waals surface area contributed by atoms with Gasteiger partial charge in [-0.3, -0.25) is 4.99 Å². The fourth-order valence-corrected chi connectivity index (χ4v) is 4.48. The van der Waals surface area contributed by atoms with Crippen molar-refractivity contribution >= 4 is 22.6 Å². The number of fused-ring (bicyclic) bond motifs is 2. The average molecular weight is 457 g/mol. The maximum Gasteiger partial charge on any atom is 0.338 e. The van der Waals surface area contributed by atoms with Crippen LogP contribution in [0.5, 0.6) is 0 Å². The van der Waals surface area contributed by atoms with Gasteiger partial charge in [0.1, 0.15) is 11.3 Å². The van der Waals surface area contributed by atoms with Crippen molar-refractivity contribution in [2.24, 2.45) is 4.99 Å². The lowest BCUT2D eigenvalue weighted by Crippen LogP contribution is -2.17. The molecule has 0 saturated carbocycles. The summed E-state index contributed by atoms with van der Waals surface area (Å²) < 4.78 is 11.9. The Kier molecular flexibility index (Phi) is 6.73. The van der Waals surface area contributed by atoms with E-state index in [0.717, 1.165) is 62.1 Å². The van der Waals surface area contributed by atoms with E-state index in [4.69, 9.17) is 9.15 Å². The summed E-state index contributed by atoms with van der Waals surface area (Å²) in [6.45, 7) is 12.1. The lowest BCUT2D eigenvalue weighted by atomic mass is 9.89. The van der Waals surface area contributed by atoms with E-state index < -0.39 is 0 Å². The number of ether oxygens (including phenoxy) is 1. The van der Waals surface area contributed by atoms with Gasteiger partial charge in [0.2, 0.25) is 0 Å². The fraction of sp³-hybridized carbons (Fsp3) is 0.310. The molecule has 2 aromatic rings. The van der Waals surface area contributed by atoms with Crippen LogP contribution in [0.25, 0.3) is 33.4 Å². The van der Waals surface area contributed by atoms with Gasteiger partial charge >= 0.3 is 5.97 Å². The van der Waals surface area contributed by atoms with Crippen molar-refractivity contribution in [1.29, 1.82) is 0 Å². The number of anilines is 1. The van der Waals surface area contributed by atoms with Crippen LogP contribution in [0.2, 0.25) is 0 Å². The van der Waals surface area contributed by atoms with Crippen LogP contribution in [0.3, 0.4) is 0 Å². The second-order valence-electron chi connectivity index (χ2n) is 8.50. The number of rotatable bonds is 6. The molecule has 0 amide bonds. The van der Waals surface area contributed by atoms with Crippen LogP contribution in [0.1, 0.15) is 42.3 Å². The van der Waals surface area contributed by atoms with E-state index in [1.165, 1.54) is 0 Å². The third-order valence-corrected chi connectivity index (χ3v) is 6.26. The van der Waals surface area contributed by atoms with Crippen LogP contribution in [0, 0.1) is 13.8 Å². The number of hydrogen-bond acceptors (Lipinski definition) is 5. The first kappa shape index (κ1) is 23.6. The number of hydrogen-bond donors (Lipinski definition) is 0. The number of aryl methyl sites for hydroxylation is 2. The highest BCUT2D eigenvalue weighted by atomic mass is 16.5. The lowest BCUT2D eigenvalue weighted by molar-refractivity contribution is 0.0527. The Labute approximate surface area is 201 Å². The van der Waals surface area contributed by atoms with Crippen LogP contribution in [-0.4, -0.2) is 32.7 Å². The van der Waals surface area contributed by atoms with Gasteiger partial charge < -0.3 is 14.1 Å². The molecule has 5 nitrogen and oxygen atoms in total. The molecular weight excluding hydrogens is 424 g/mol. The first-order chi connectivity index (χ1) is 16.4. The SMILES string of the molecule is CCN=c1cc2oc3cc(N(C)CC)c(C)cc3c(-c3ccccc3C(=O)OCC)c-2cc1C. The zero-order valence-electron chi connectivity index (χ0n) is 20.9. The first-order valence-corrected chi connectivity index (χ1v) is 11.9. The topological polar surface area (TPSA) is 55.0 Å². The minimum Gasteiger partial charge on any atom is -0.462 e. The Morgan fingerprint density at radius 2 is 1.76 bits per heavy atom. The number of esters is 1. The van der Waals surface area contributed by atoms with Crippen molar-refractivity contribution in [2.75, 3.05) is 31.6 Å². The first-order valence-electron chi connectivity index (χ1n) is 11.9. The smallest absolute Gasteiger partial charge is 0.338 e. The lowest BCUT2D eigenvalue weighted by Gasteiger charge is -2.22. The molecule has 0 spiro atoms. The highest BCUT2D eigenvalue weighted by Gasteiger charge is 2.23. The van der Waals surface area contributed by atoms with Crippen LogP contribution < -0.4 is 10.3 Å². The summed E-state index contributed by atoms with van der Waals surface area (Å²) >= 11 is 0. The van der Waals surface area contributed by atoms with Gasteiger partial charge in [-0.05, 0) is 69.5 Å². The Balaban J connectivity index is 2.16. The molecule has 1 heterocycles. The summed E-state index contributed by atoms with van der Waals surface area (Å²) in [5.41, 5.74) is 7.41. The van der Waals surface area contributed by atoms with Gasteiger partial charge in [0, 0.05) is 54.5 Å². The van der Waals surface area contributed by atoms with Crippen LogP contribution in [-0.2, 0) is 4.74 Å². The Hall–Kier alpha value is -3.60. The molecule has 0 atom stereocenters. The summed E-state index contributed by atoms with van der Waals surface area (Å²) in [6, 6.07) is 16.0. The quantitative estimate of drug-likeness (QED) is 0.250. The molecule has 0 radical (unpaired) electrons. The third kappa shape index (κ3) is 4.18. The summed E-state index contributed by atoms with van der Waals surface area (Å²) in [4.78, 5) is 19.7. The molecule has 2 aliphatic rings. The third-order valence-electron chi connectivity index (χ3n) is 6.26. The number of carbonyl (C=O) groups excluding carboxylic acids is 1. The van der Waals surface area contributed by atoms with Crippen molar-refractivity contribution in [3.05, 3.63) is 70.6 Å². The van der Waals surface area contributed by atoms with E-state index in [0.29, 0.717) is 18.7 Å². The van der Waals surface area contributed by atoms with Crippen molar-refractivity contribution in [3.63, 3.8) is 0 Å². The maximum absolute atomic E-state index is 12.9. The van der Waals surface area contributed by atoms with Crippen molar-refractivity contribution in [1.82, 2.24) is 0 Å². The van der Waals surface area contributed by atoms with E-state index in [2.05, 4.69) is 55.9 Å². The molecule has 2 aromatic carbocycles. The highest BCUT2D eigenvalue weighted by Crippen LogP contribution is 2.43. The van der Waals surface area contributed by atoms with E-state index >= 15 is 0 Å². The Morgan fingerprint density at radius 1 is 1.00 bits per heavy atom. The van der Waals surface area contributed by atoms with Gasteiger partial charge in [0.25, 0.3) is 0 Å². The number of carbonyl (C=O) groups is 1. The van der Waals surface area contributed by atoms with Gasteiger partial charge in [-0.15, -0.1) is 0 Å². The number of benzene rings is 3. The molecule has 1 aliphatic heterocycles. The molecule has 4 rings (SSSR count). The molecule has 0 unspecified atom stereocenters.